The summed E-state index contributed by atoms with van der Waals surface area (Å²) >= 11 is 0.956. The third-order valence-corrected chi connectivity index (χ3v) is 5.30. The summed E-state index contributed by atoms with van der Waals surface area (Å²) in [5, 5.41) is 9.36. The van der Waals surface area contributed by atoms with Gasteiger partial charge in [0.05, 0.1) is 11.3 Å². The Kier molecular flexibility index (Phi) is 4.76. The summed E-state index contributed by atoms with van der Waals surface area (Å²) in [6, 6.07) is 12.7. The maximum Gasteiger partial charge on any atom is 0.348 e. The number of hydrogen-bond acceptors (Lipinski definition) is 7. The van der Waals surface area contributed by atoms with Crippen molar-refractivity contribution in [3.8, 4) is 16.2 Å². The average Bonchev–Trinajstić information content (AvgIpc) is 3.11. The van der Waals surface area contributed by atoms with Crippen LogP contribution in [-0.4, -0.2) is 21.7 Å². The molecule has 0 saturated carbocycles. The van der Waals surface area contributed by atoms with Crippen LogP contribution in [0.4, 0.5) is 10.1 Å². The van der Waals surface area contributed by atoms with E-state index in [-0.39, 0.29) is 21.9 Å². The summed E-state index contributed by atoms with van der Waals surface area (Å²) in [7, 11) is 0. The third-order valence-electron chi connectivity index (χ3n) is 4.13. The van der Waals surface area contributed by atoms with Gasteiger partial charge in [-0.1, -0.05) is 0 Å². The highest BCUT2D eigenvalue weighted by molar-refractivity contribution is 7.18. The predicted octanol–water partition coefficient (Wildman–Crippen LogP) is 2.74. The molecular formula is C20H11FN2O6S. The summed E-state index contributed by atoms with van der Waals surface area (Å²) in [4.78, 5) is 46.3. The third kappa shape index (κ3) is 3.76. The molecule has 2 N–H and O–H groups in total. The minimum atomic E-state index is -1.21. The molecule has 0 aliphatic heterocycles. The van der Waals surface area contributed by atoms with Gasteiger partial charge in [-0.3, -0.25) is 15.0 Å². The molecule has 0 bridgehead atoms. The number of carboxylic acid groups (broad SMARTS) is 1. The number of carbonyl (C=O) groups is 2. The first-order chi connectivity index (χ1) is 14.3. The Morgan fingerprint density at radius 3 is 2.20 bits per heavy atom. The molecule has 10 heteroatoms. The van der Waals surface area contributed by atoms with Crippen LogP contribution in [0.5, 0.6) is 5.75 Å². The summed E-state index contributed by atoms with van der Waals surface area (Å²) < 4.78 is 18.9. The fourth-order valence-corrected chi connectivity index (χ4v) is 3.52. The van der Waals surface area contributed by atoms with Crippen LogP contribution in [0.1, 0.15) is 20.0 Å². The van der Waals surface area contributed by atoms with Gasteiger partial charge < -0.3 is 9.84 Å². The zero-order chi connectivity index (χ0) is 21.4. The Hall–Kier alpha value is -4.05. The largest absolute Gasteiger partial charge is 0.477 e. The lowest BCUT2D eigenvalue weighted by molar-refractivity contribution is 0.0700. The van der Waals surface area contributed by atoms with E-state index in [1.165, 1.54) is 30.3 Å². The van der Waals surface area contributed by atoms with Crippen LogP contribution < -0.4 is 21.3 Å². The lowest BCUT2D eigenvalue weighted by Gasteiger charge is -2.05. The number of nitrogens with zero attached hydrogens (tertiary/aromatic N) is 1. The molecule has 4 aromatic rings. The van der Waals surface area contributed by atoms with Crippen molar-refractivity contribution in [2.45, 2.75) is 0 Å². The van der Waals surface area contributed by atoms with Crippen LogP contribution in [0, 0.1) is 5.82 Å². The summed E-state index contributed by atoms with van der Waals surface area (Å²) in [5.74, 6) is -2.07. The number of aromatic carboxylic acids is 1. The minimum Gasteiger partial charge on any atom is -0.477 e. The maximum absolute atomic E-state index is 12.9. The molecule has 2 heterocycles. The van der Waals surface area contributed by atoms with Crippen LogP contribution in [-0.2, 0) is 0 Å². The highest BCUT2D eigenvalue weighted by Crippen LogP contribution is 2.35. The molecule has 30 heavy (non-hydrogen) atoms. The van der Waals surface area contributed by atoms with Crippen molar-refractivity contribution in [3.05, 3.63) is 91.6 Å². The van der Waals surface area contributed by atoms with Crippen molar-refractivity contribution in [1.82, 2.24) is 4.68 Å². The zero-order valence-corrected chi connectivity index (χ0v) is 15.7. The Bertz CT molecular complexity index is 1310. The van der Waals surface area contributed by atoms with E-state index in [2.05, 4.69) is 5.43 Å². The molecule has 0 aliphatic rings. The molecule has 0 amide bonds. The number of anilines is 1. The number of nitrogens with one attached hydrogen (secondary N) is 1. The predicted molar refractivity (Wildman–Crippen MR) is 106 cm³/mol. The number of hydrogen-bond donors (Lipinski definition) is 2. The van der Waals surface area contributed by atoms with Crippen LogP contribution in [0.15, 0.2) is 64.2 Å². The van der Waals surface area contributed by atoms with Gasteiger partial charge >= 0.3 is 23.1 Å². The summed E-state index contributed by atoms with van der Waals surface area (Å²) in [6.07, 6.45) is 0. The molecule has 4 rings (SSSR count). The molecule has 8 nitrogen and oxygen atoms in total. The molecule has 150 valence electrons. The van der Waals surface area contributed by atoms with Crippen LogP contribution in [0.25, 0.3) is 10.4 Å². The second kappa shape index (κ2) is 7.41. The first-order valence-electron chi connectivity index (χ1n) is 8.44. The summed E-state index contributed by atoms with van der Waals surface area (Å²) in [5.41, 5.74) is 1.95. The van der Waals surface area contributed by atoms with Crippen molar-refractivity contribution >= 4 is 29.0 Å². The van der Waals surface area contributed by atoms with Gasteiger partial charge in [0.2, 0.25) is 0 Å². The van der Waals surface area contributed by atoms with Gasteiger partial charge in [0.25, 0.3) is 0 Å². The molecule has 0 radical (unpaired) electrons. The van der Waals surface area contributed by atoms with E-state index in [9.17, 15) is 28.7 Å². The van der Waals surface area contributed by atoms with Gasteiger partial charge in [0.1, 0.15) is 16.4 Å². The molecule has 0 saturated heterocycles. The van der Waals surface area contributed by atoms with Crippen molar-refractivity contribution in [1.29, 1.82) is 0 Å². The number of halogens is 1. The van der Waals surface area contributed by atoms with Gasteiger partial charge in [0.15, 0.2) is 0 Å². The van der Waals surface area contributed by atoms with E-state index in [1.54, 1.807) is 12.1 Å². The number of thiophene rings is 1. The Balaban J connectivity index is 1.53. The number of ether oxygens (including phenoxy) is 1. The normalized spacial score (nSPS) is 10.8. The van der Waals surface area contributed by atoms with E-state index in [0.717, 1.165) is 28.1 Å². The standard InChI is InChI=1S/C20H11FN2O6S/c21-12-5-1-11(2-6-12)20(28)29-13-7-3-10(4-8-13)15-9-14(16(30-15)19(26)27)22-23-17(24)18(23)25/h1-9,22H,(H,26,27). The van der Waals surface area contributed by atoms with Crippen LogP contribution in [0.2, 0.25) is 0 Å². The second-order valence-corrected chi connectivity index (χ2v) is 7.19. The number of rotatable bonds is 6. The van der Waals surface area contributed by atoms with E-state index in [0.29, 0.717) is 10.4 Å². The van der Waals surface area contributed by atoms with E-state index < -0.39 is 28.9 Å². The van der Waals surface area contributed by atoms with Crippen LogP contribution in [0.3, 0.4) is 0 Å². The number of carboxylic acids is 1. The smallest absolute Gasteiger partial charge is 0.348 e. The van der Waals surface area contributed by atoms with Crippen molar-refractivity contribution < 1.29 is 23.8 Å². The monoisotopic (exact) mass is 426 g/mol. The molecule has 0 atom stereocenters. The summed E-state index contributed by atoms with van der Waals surface area (Å²) in [6.45, 7) is 0. The molecule has 0 fully saturated rings. The van der Waals surface area contributed by atoms with Crippen molar-refractivity contribution in [3.63, 3.8) is 0 Å². The van der Waals surface area contributed by atoms with Gasteiger partial charge in [-0.25, -0.2) is 14.0 Å². The first-order valence-corrected chi connectivity index (χ1v) is 9.25. The fourth-order valence-electron chi connectivity index (χ4n) is 2.57. The maximum atomic E-state index is 12.9. The second-order valence-electron chi connectivity index (χ2n) is 6.14. The van der Waals surface area contributed by atoms with Crippen LogP contribution >= 0.6 is 11.3 Å². The highest BCUT2D eigenvalue weighted by atomic mass is 32.1. The molecule has 0 spiro atoms. The first kappa shape index (κ1) is 19.3. The van der Waals surface area contributed by atoms with Gasteiger partial charge in [-0.05, 0) is 60.2 Å². The lowest BCUT2D eigenvalue weighted by Crippen LogP contribution is -2.09. The topological polar surface area (TPSA) is 115 Å². The van der Waals surface area contributed by atoms with E-state index >= 15 is 0 Å². The molecule has 0 unspecified atom stereocenters. The highest BCUT2D eigenvalue weighted by Gasteiger charge is 2.22. The molecule has 2 aromatic carbocycles. The Morgan fingerprint density at radius 1 is 1.00 bits per heavy atom. The molecule has 2 aromatic heterocycles. The number of carbonyl (C=O) groups excluding carboxylic acids is 1. The SMILES string of the molecule is O=C(Oc1ccc(-c2cc(Nn3c(=O)c3=O)c(C(=O)O)s2)cc1)c1ccc(F)cc1. The van der Waals surface area contributed by atoms with Gasteiger partial charge in [-0.2, -0.15) is 4.68 Å². The van der Waals surface area contributed by atoms with Crippen molar-refractivity contribution in [2.24, 2.45) is 0 Å². The number of benzene rings is 2. The molecule has 0 aliphatic carbocycles. The zero-order valence-electron chi connectivity index (χ0n) is 14.9. The van der Waals surface area contributed by atoms with E-state index in [4.69, 9.17) is 4.74 Å². The average molecular weight is 426 g/mol. The Labute approximate surface area is 171 Å². The van der Waals surface area contributed by atoms with Gasteiger partial charge in [-0.15, -0.1) is 11.3 Å². The lowest BCUT2D eigenvalue weighted by atomic mass is 10.1. The number of aromatic nitrogens is 1. The Morgan fingerprint density at radius 2 is 1.63 bits per heavy atom. The quantitative estimate of drug-likeness (QED) is 0.277. The van der Waals surface area contributed by atoms with Crippen molar-refractivity contribution in [2.75, 3.05) is 5.43 Å². The van der Waals surface area contributed by atoms with Gasteiger partial charge in [0, 0.05) is 4.88 Å². The number of esters is 1. The molecular weight excluding hydrogens is 415 g/mol. The fraction of sp³-hybridized carbons (Fsp3) is 0. The minimum absolute atomic E-state index is 0.0654. The van der Waals surface area contributed by atoms with E-state index in [1.807, 2.05) is 0 Å².